The molecule has 0 aliphatic rings. The standard InChI is InChI=1S/C8H6F4.C3H5F3/c1-3-5(9)7(11)4(2)8(12)6(3)10;1-3(5,6)2-4/h1-2H3;2H2,1H3. The van der Waals surface area contributed by atoms with Gasteiger partial charge in [0.05, 0.1) is 0 Å². The third-order valence-electron chi connectivity index (χ3n) is 1.94. The van der Waals surface area contributed by atoms with Crippen molar-refractivity contribution in [1.29, 1.82) is 0 Å². The van der Waals surface area contributed by atoms with Gasteiger partial charge in [-0.25, -0.2) is 30.7 Å². The van der Waals surface area contributed by atoms with Crippen LogP contribution >= 0.6 is 0 Å². The van der Waals surface area contributed by atoms with Crippen molar-refractivity contribution in [3.8, 4) is 0 Å². The van der Waals surface area contributed by atoms with Gasteiger partial charge in [-0.15, -0.1) is 0 Å². The van der Waals surface area contributed by atoms with Crippen molar-refractivity contribution in [3.63, 3.8) is 0 Å². The number of benzene rings is 1. The van der Waals surface area contributed by atoms with E-state index in [4.69, 9.17) is 0 Å². The van der Waals surface area contributed by atoms with E-state index in [1.54, 1.807) is 0 Å². The van der Waals surface area contributed by atoms with E-state index in [-0.39, 0.29) is 0 Å². The molecule has 0 radical (unpaired) electrons. The molecule has 0 atom stereocenters. The van der Waals surface area contributed by atoms with Crippen LogP contribution in [0.5, 0.6) is 0 Å². The minimum Gasteiger partial charge on any atom is -0.245 e. The average Bonchev–Trinajstić information content (AvgIpc) is 2.31. The van der Waals surface area contributed by atoms with Crippen LogP contribution in [-0.2, 0) is 0 Å². The molecule has 1 aromatic carbocycles. The van der Waals surface area contributed by atoms with Gasteiger partial charge in [0.15, 0.2) is 29.9 Å². The number of hydrogen-bond acceptors (Lipinski definition) is 0. The number of hydrogen-bond donors (Lipinski definition) is 0. The fourth-order valence-electron chi connectivity index (χ4n) is 0.851. The molecule has 0 saturated carbocycles. The van der Waals surface area contributed by atoms with Gasteiger partial charge in [-0.05, 0) is 13.8 Å². The predicted octanol–water partition coefficient (Wildman–Crippen LogP) is 4.47. The SMILES string of the molecule is CC(F)(F)CF.Cc1c(F)c(F)c(C)c(F)c1F. The normalized spacial score (nSPS) is 11.0. The maximum atomic E-state index is 12.7. The summed E-state index contributed by atoms with van der Waals surface area (Å²) < 4.78 is 83.5. The molecule has 0 fully saturated rings. The fraction of sp³-hybridized carbons (Fsp3) is 0.455. The maximum absolute atomic E-state index is 12.7. The first kappa shape index (κ1) is 16.7. The lowest BCUT2D eigenvalue weighted by atomic mass is 10.1. The minimum absolute atomic E-state index is 0.535. The van der Waals surface area contributed by atoms with Crippen molar-refractivity contribution in [2.75, 3.05) is 6.67 Å². The Hall–Kier alpha value is -1.27. The van der Waals surface area contributed by atoms with Crippen LogP contribution in [-0.4, -0.2) is 12.6 Å². The van der Waals surface area contributed by atoms with E-state index >= 15 is 0 Å². The van der Waals surface area contributed by atoms with Crippen LogP contribution in [0.3, 0.4) is 0 Å². The van der Waals surface area contributed by atoms with Crippen molar-refractivity contribution in [1.82, 2.24) is 0 Å². The Morgan fingerprint density at radius 3 is 1.06 bits per heavy atom. The van der Waals surface area contributed by atoms with Crippen LogP contribution in [0.2, 0.25) is 0 Å². The van der Waals surface area contributed by atoms with Crippen molar-refractivity contribution >= 4 is 0 Å². The van der Waals surface area contributed by atoms with E-state index in [0.717, 1.165) is 13.8 Å². The first-order valence-electron chi connectivity index (χ1n) is 4.75. The highest BCUT2D eigenvalue weighted by Crippen LogP contribution is 2.22. The Morgan fingerprint density at radius 1 is 0.778 bits per heavy atom. The number of rotatable bonds is 1. The Bertz CT molecular complexity index is 315. The first-order chi connectivity index (χ1) is 8.02. The van der Waals surface area contributed by atoms with E-state index in [0.29, 0.717) is 6.92 Å². The summed E-state index contributed by atoms with van der Waals surface area (Å²) in [5, 5.41) is 0. The van der Waals surface area contributed by atoms with Crippen LogP contribution in [0.15, 0.2) is 0 Å². The largest absolute Gasteiger partial charge is 0.273 e. The zero-order valence-electron chi connectivity index (χ0n) is 9.85. The van der Waals surface area contributed by atoms with Gasteiger partial charge in [-0.2, -0.15) is 0 Å². The predicted molar refractivity (Wildman–Crippen MR) is 52.3 cm³/mol. The molecular formula is C11H11F7. The van der Waals surface area contributed by atoms with Crippen molar-refractivity contribution < 1.29 is 30.7 Å². The highest BCUT2D eigenvalue weighted by molar-refractivity contribution is 5.27. The van der Waals surface area contributed by atoms with E-state index < -0.39 is 47.0 Å². The fourth-order valence-corrected chi connectivity index (χ4v) is 0.851. The third-order valence-corrected chi connectivity index (χ3v) is 1.94. The molecule has 0 aromatic heterocycles. The topological polar surface area (TPSA) is 0 Å². The monoisotopic (exact) mass is 276 g/mol. The van der Waals surface area contributed by atoms with Crippen molar-refractivity contribution in [3.05, 3.63) is 34.4 Å². The Kier molecular flexibility index (Phi) is 5.63. The summed E-state index contributed by atoms with van der Waals surface area (Å²) in [5.74, 6) is -8.43. The summed E-state index contributed by atoms with van der Waals surface area (Å²) >= 11 is 0. The second kappa shape index (κ2) is 6.06. The molecule has 18 heavy (non-hydrogen) atoms. The quantitative estimate of drug-likeness (QED) is 0.524. The van der Waals surface area contributed by atoms with Gasteiger partial charge in [0.1, 0.15) is 0 Å². The summed E-state index contributed by atoms with van der Waals surface area (Å²) in [6, 6.07) is 0. The molecule has 0 bridgehead atoms. The summed E-state index contributed by atoms with van der Waals surface area (Å²) in [6.45, 7) is 0.937. The molecule has 0 saturated heterocycles. The second-order valence-corrected chi connectivity index (χ2v) is 3.71. The molecule has 0 spiro atoms. The minimum atomic E-state index is -3.12. The van der Waals surface area contributed by atoms with E-state index in [1.807, 2.05) is 0 Å². The molecular weight excluding hydrogens is 265 g/mol. The van der Waals surface area contributed by atoms with Crippen molar-refractivity contribution in [2.24, 2.45) is 0 Å². The van der Waals surface area contributed by atoms with Crippen LogP contribution in [0.25, 0.3) is 0 Å². The molecule has 104 valence electrons. The summed E-state index contributed by atoms with van der Waals surface area (Å²) in [6.07, 6.45) is 0. The third kappa shape index (κ3) is 4.19. The zero-order valence-corrected chi connectivity index (χ0v) is 9.85. The first-order valence-corrected chi connectivity index (χ1v) is 4.75. The Balaban J connectivity index is 0.000000411. The lowest BCUT2D eigenvalue weighted by Crippen LogP contribution is -2.10. The number of alkyl halides is 3. The Morgan fingerprint density at radius 2 is 0.944 bits per heavy atom. The summed E-state index contributed by atoms with van der Waals surface area (Å²) in [5.41, 5.74) is -1.26. The molecule has 0 aliphatic heterocycles. The van der Waals surface area contributed by atoms with Crippen LogP contribution in [0.4, 0.5) is 30.7 Å². The molecule has 0 nitrogen and oxygen atoms in total. The molecule has 1 rings (SSSR count). The van der Waals surface area contributed by atoms with E-state index in [2.05, 4.69) is 0 Å². The zero-order chi connectivity index (χ0) is 14.7. The van der Waals surface area contributed by atoms with Crippen molar-refractivity contribution in [2.45, 2.75) is 26.7 Å². The smallest absolute Gasteiger partial charge is 0.245 e. The number of halogens is 7. The second-order valence-electron chi connectivity index (χ2n) is 3.71. The molecule has 0 amide bonds. The Labute approximate surface area is 99.4 Å². The highest BCUT2D eigenvalue weighted by Gasteiger charge is 2.20. The maximum Gasteiger partial charge on any atom is 0.273 e. The van der Waals surface area contributed by atoms with Gasteiger partial charge in [-0.3, -0.25) is 0 Å². The molecule has 0 aliphatic carbocycles. The summed E-state index contributed by atoms with van der Waals surface area (Å²) in [4.78, 5) is 0. The van der Waals surface area contributed by atoms with Crippen LogP contribution in [0.1, 0.15) is 18.1 Å². The molecule has 0 unspecified atom stereocenters. The van der Waals surface area contributed by atoms with E-state index in [9.17, 15) is 30.7 Å². The molecule has 0 heterocycles. The van der Waals surface area contributed by atoms with E-state index in [1.165, 1.54) is 0 Å². The van der Waals surface area contributed by atoms with Crippen LogP contribution < -0.4 is 0 Å². The van der Waals surface area contributed by atoms with Gasteiger partial charge >= 0.3 is 0 Å². The molecule has 7 heteroatoms. The van der Waals surface area contributed by atoms with Gasteiger partial charge in [-0.1, -0.05) is 0 Å². The molecule has 0 N–H and O–H groups in total. The van der Waals surface area contributed by atoms with Gasteiger partial charge in [0.2, 0.25) is 0 Å². The van der Waals surface area contributed by atoms with Gasteiger partial charge in [0.25, 0.3) is 5.92 Å². The van der Waals surface area contributed by atoms with Gasteiger partial charge in [0, 0.05) is 18.1 Å². The lowest BCUT2D eigenvalue weighted by Gasteiger charge is -2.04. The molecule has 1 aromatic rings. The average molecular weight is 276 g/mol. The highest BCUT2D eigenvalue weighted by atomic mass is 19.3. The lowest BCUT2D eigenvalue weighted by molar-refractivity contribution is -0.00294. The summed E-state index contributed by atoms with van der Waals surface area (Å²) in [7, 11) is 0. The van der Waals surface area contributed by atoms with Gasteiger partial charge < -0.3 is 0 Å². The van der Waals surface area contributed by atoms with Crippen LogP contribution in [0, 0.1) is 37.1 Å².